The molecule has 624 valence electrons. The van der Waals surface area contributed by atoms with Crippen LogP contribution < -0.4 is 30.2 Å². The van der Waals surface area contributed by atoms with Gasteiger partial charge in [-0.05, 0) is 102 Å². The van der Waals surface area contributed by atoms with E-state index in [0.717, 1.165) is 99.4 Å². The molecule has 30 nitrogen and oxygen atoms in total. The molecule has 2 aliphatic heterocycles. The van der Waals surface area contributed by atoms with Crippen molar-refractivity contribution >= 4 is 91.0 Å². The fourth-order valence-corrected chi connectivity index (χ4v) is 13.0. The van der Waals surface area contributed by atoms with Gasteiger partial charge in [-0.1, -0.05) is 0 Å². The lowest BCUT2D eigenvalue weighted by atomic mass is 10.1. The maximum atomic E-state index is 15.3. The molecule has 120 heavy (non-hydrogen) atoms. The number of aromatic nitrogens is 13. The minimum atomic E-state index is -4.69. The van der Waals surface area contributed by atoms with Gasteiger partial charge in [0.2, 0.25) is 17.6 Å². The van der Waals surface area contributed by atoms with E-state index in [-0.39, 0.29) is 95.9 Å². The highest BCUT2D eigenvalue weighted by molar-refractivity contribution is 6.03. The Morgan fingerprint density at radius 2 is 0.908 bits per heavy atom. The molecular formula is C81H80F9N23O7. The van der Waals surface area contributed by atoms with Crippen molar-refractivity contribution in [3.8, 4) is 40.6 Å². The number of carbonyl (C=O) groups excluding carboxylic acids is 4. The first-order valence-electron chi connectivity index (χ1n) is 37.1. The number of nitrogens with one attached hydrogen (secondary N) is 6. The molecule has 39 heteroatoms. The molecule has 2 aliphatic rings. The van der Waals surface area contributed by atoms with Crippen LogP contribution in [0.2, 0.25) is 0 Å². The second-order valence-electron chi connectivity index (χ2n) is 29.1. The lowest BCUT2D eigenvalue weighted by molar-refractivity contribution is -0.137. The third-order valence-corrected chi connectivity index (χ3v) is 19.3. The Bertz CT molecular complexity index is 6020. The van der Waals surface area contributed by atoms with Crippen LogP contribution >= 0.6 is 0 Å². The van der Waals surface area contributed by atoms with E-state index in [1.165, 1.54) is 85.7 Å². The van der Waals surface area contributed by atoms with Crippen molar-refractivity contribution in [1.82, 2.24) is 98.7 Å². The van der Waals surface area contributed by atoms with E-state index in [9.17, 15) is 45.5 Å². The van der Waals surface area contributed by atoms with Gasteiger partial charge in [0.05, 0.1) is 57.3 Å². The van der Waals surface area contributed by atoms with Crippen molar-refractivity contribution < 1.29 is 72.9 Å². The molecule has 0 spiro atoms. The van der Waals surface area contributed by atoms with E-state index in [1.807, 2.05) is 19.2 Å². The summed E-state index contributed by atoms with van der Waals surface area (Å²) in [6.07, 6.45) is 4.62. The number of hydrogen-bond donors (Lipinski definition) is 6. The fourth-order valence-electron chi connectivity index (χ4n) is 13.0. The molecule has 9 aromatic heterocycles. The van der Waals surface area contributed by atoms with Gasteiger partial charge in [0.15, 0.2) is 69.6 Å². The van der Waals surface area contributed by atoms with Gasteiger partial charge in [-0.2, -0.15) is 13.2 Å². The number of piperazine rings is 2. The van der Waals surface area contributed by atoms with E-state index in [1.54, 1.807) is 71.2 Å². The van der Waals surface area contributed by atoms with Crippen LogP contribution in [0.25, 0.3) is 38.4 Å². The number of fused-ring (bicyclic) bond motifs is 3. The second-order valence-corrected chi connectivity index (χ2v) is 29.1. The highest BCUT2D eigenvalue weighted by atomic mass is 19.4. The molecule has 2 fully saturated rings. The summed E-state index contributed by atoms with van der Waals surface area (Å²) in [7, 11) is 13.1. The molecule has 0 saturated carbocycles. The third-order valence-electron chi connectivity index (χ3n) is 19.3. The smallest absolute Gasteiger partial charge is 0.416 e. The molecule has 11 heterocycles. The van der Waals surface area contributed by atoms with Gasteiger partial charge in [-0.3, -0.25) is 29.1 Å². The molecule has 0 bridgehead atoms. The largest absolute Gasteiger partial charge is 0.435 e. The first-order valence-corrected chi connectivity index (χ1v) is 37.1. The van der Waals surface area contributed by atoms with Gasteiger partial charge < -0.3 is 79.1 Å². The van der Waals surface area contributed by atoms with E-state index < -0.39 is 87.5 Å². The molecule has 0 atom stereocenters. The number of anilines is 6. The van der Waals surface area contributed by atoms with Gasteiger partial charge in [-0.15, -0.1) is 0 Å². The van der Waals surface area contributed by atoms with Crippen LogP contribution in [-0.4, -0.2) is 231 Å². The Morgan fingerprint density at radius 1 is 0.475 bits per heavy atom. The summed E-state index contributed by atoms with van der Waals surface area (Å²) >= 11 is 0. The number of aromatic amines is 3. The predicted molar refractivity (Wildman–Crippen MR) is 427 cm³/mol. The monoisotopic (exact) mass is 1660 g/mol. The van der Waals surface area contributed by atoms with E-state index in [2.05, 4.69) is 97.5 Å². The second kappa shape index (κ2) is 35.2. The van der Waals surface area contributed by atoms with Gasteiger partial charge in [0, 0.05) is 176 Å². The molecule has 0 unspecified atom stereocenters. The highest BCUT2D eigenvalue weighted by Gasteiger charge is 2.34. The van der Waals surface area contributed by atoms with Gasteiger partial charge in [0.25, 0.3) is 23.6 Å². The maximum Gasteiger partial charge on any atom is 0.416 e. The number of pyridine rings is 2. The molecule has 13 aromatic rings. The summed E-state index contributed by atoms with van der Waals surface area (Å²) in [5.74, 6) is -8.59. The minimum absolute atomic E-state index is 0.0100. The standard InChI is InChI=1S/C27H22F5N7O2.C27H28F2N8O3.C27H30F2N8O2/c1-13-5-18-22(29)20(9-19(28)23(18)36-13)41-25-21(26(40)38(3)4)24(33-11-34-25)37-16-6-15(27(30,31)32)7-17(8-16)39-10-14(2)35-12-39;1-15-11-17-22(29)19(12-18(28)23(17)33-15)40-25-21(27(39)35(2)3)24(31-14-32-25)34-20-6-5-16(13-30-20)26(38)37-9-7-36(4)8-10-37;1-16-11-19-23(29)21(12-20(28)24(19)33-16)39-26-22(27(38)35(2)3)25(31-15-32-26)34-17-5-6-18(30-13-17)14-37-9-7-36(4)8-10-37/h5-12,36H,1-4H3,(H,33,34,37);5-6,11-14,33H,7-10H2,1-4H3,(H,30,31,32,34);5-6,11-13,15,33H,7-10,14H2,1-4H3,(H,31,32,34). The van der Waals surface area contributed by atoms with Gasteiger partial charge >= 0.3 is 6.18 Å². The third kappa shape index (κ3) is 18.8. The van der Waals surface area contributed by atoms with Crippen LogP contribution in [0.5, 0.6) is 34.9 Å². The van der Waals surface area contributed by atoms with Gasteiger partial charge in [-0.25, -0.2) is 66.2 Å². The molecule has 15 rings (SSSR count). The Kier molecular flexibility index (Phi) is 24.6. The molecule has 0 radical (unpaired) electrons. The first kappa shape index (κ1) is 84.1. The average Bonchev–Trinajstić information content (AvgIpc) is 1.40. The summed E-state index contributed by atoms with van der Waals surface area (Å²) in [6.45, 7) is 14.3. The normalized spacial score (nSPS) is 13.3. The van der Waals surface area contributed by atoms with Crippen LogP contribution in [-0.2, 0) is 12.7 Å². The van der Waals surface area contributed by atoms with E-state index >= 15 is 13.2 Å². The zero-order valence-electron chi connectivity index (χ0n) is 66.8. The number of ether oxygens (including phenoxy) is 3. The molecule has 4 aromatic carbocycles. The maximum absolute atomic E-state index is 15.3. The van der Waals surface area contributed by atoms with Crippen LogP contribution in [0.4, 0.5) is 74.2 Å². The lowest BCUT2D eigenvalue weighted by Crippen LogP contribution is -2.47. The molecule has 0 aliphatic carbocycles. The van der Waals surface area contributed by atoms with Crippen molar-refractivity contribution in [2.24, 2.45) is 0 Å². The van der Waals surface area contributed by atoms with Crippen molar-refractivity contribution in [2.45, 2.75) is 40.4 Å². The molecule has 6 N–H and O–H groups in total. The zero-order chi connectivity index (χ0) is 85.9. The topological polar surface area (TPSA) is 323 Å². The molecular weight excluding hydrogens is 1580 g/mol. The predicted octanol–water partition coefficient (Wildman–Crippen LogP) is 13.8. The molecule has 4 amide bonds. The Hall–Kier alpha value is -13.8. The minimum Gasteiger partial charge on any atom is -0.435 e. The number of halogens is 9. The Labute approximate surface area is 679 Å². The summed E-state index contributed by atoms with van der Waals surface area (Å²) in [5, 5.41) is 8.76. The number of alkyl halides is 3. The average molecular weight is 1660 g/mol. The fraction of sp³-hybridized carbons (Fsp3) is 0.272. The van der Waals surface area contributed by atoms with E-state index in [4.69, 9.17) is 14.2 Å². The van der Waals surface area contributed by atoms with Crippen molar-refractivity contribution in [2.75, 3.05) is 125 Å². The van der Waals surface area contributed by atoms with Crippen LogP contribution in [0.1, 0.15) is 75.5 Å². The first-order chi connectivity index (χ1) is 57.1. The Morgan fingerprint density at radius 3 is 1.30 bits per heavy atom. The van der Waals surface area contributed by atoms with Crippen molar-refractivity contribution in [1.29, 1.82) is 0 Å². The number of hydrogen-bond acceptors (Lipinski definition) is 22. The van der Waals surface area contributed by atoms with Crippen molar-refractivity contribution in [3.05, 3.63) is 214 Å². The summed E-state index contributed by atoms with van der Waals surface area (Å²) in [5.41, 5.74) is 2.85. The number of amides is 4. The number of likely N-dealkylation sites (N-methyl/N-ethyl adjacent to an activating group) is 2. The number of nitrogens with zero attached hydrogens (tertiary/aromatic N) is 17. The summed E-state index contributed by atoms with van der Waals surface area (Å²) < 4.78 is 150. The molecule has 2 saturated heterocycles. The number of H-pyrrole nitrogens is 3. The quantitative estimate of drug-likeness (QED) is 0.0410. The van der Waals surface area contributed by atoms with Crippen LogP contribution in [0, 0.1) is 62.6 Å². The summed E-state index contributed by atoms with van der Waals surface area (Å²) in [6, 6.07) is 17.1. The van der Waals surface area contributed by atoms with E-state index in [0.29, 0.717) is 52.9 Å². The van der Waals surface area contributed by atoms with Crippen LogP contribution in [0.3, 0.4) is 0 Å². The highest BCUT2D eigenvalue weighted by Crippen LogP contribution is 2.41. The Balaban J connectivity index is 0.000000156. The summed E-state index contributed by atoms with van der Waals surface area (Å²) in [4.78, 5) is 110. The van der Waals surface area contributed by atoms with Crippen LogP contribution in [0.15, 0.2) is 123 Å². The van der Waals surface area contributed by atoms with Gasteiger partial charge in [0.1, 0.15) is 41.5 Å². The number of benzene rings is 4. The zero-order valence-corrected chi connectivity index (χ0v) is 66.8. The number of rotatable bonds is 19. The SMILES string of the molecule is Cc1cc2c(F)c(Oc3ncnc(Nc4ccc(C(=O)N5CCN(C)CC5)cn4)c3C(=O)N(C)C)cc(F)c2[nH]1.Cc1cc2c(F)c(Oc3ncnc(Nc4ccc(CN5CCN(C)CC5)nc4)c3C(=O)N(C)C)cc(F)c2[nH]1.Cc1cn(-c2cc(Nc3ncnc(Oc4cc(F)c5[nH]c(C)cc5c4F)c3C(=O)N(C)C)cc(C(F)(F)F)c2)cn1. The number of imidazole rings is 1. The number of aryl methyl sites for hydroxylation is 4. The number of carbonyl (C=O) groups is 4. The van der Waals surface area contributed by atoms with Crippen molar-refractivity contribution in [3.63, 3.8) is 0 Å². The lowest BCUT2D eigenvalue weighted by Gasteiger charge is -2.32.